The Morgan fingerprint density at radius 3 is 2.16 bits per heavy atom. The van der Waals surface area contributed by atoms with Crippen LogP contribution in [0.25, 0.3) is 0 Å². The van der Waals surface area contributed by atoms with Gasteiger partial charge in [0.25, 0.3) is 5.91 Å². The Hall–Kier alpha value is -1.50. The number of hydrogen-bond donors (Lipinski definition) is 2. The van der Waals surface area contributed by atoms with E-state index in [2.05, 4.69) is 17.2 Å². The summed E-state index contributed by atoms with van der Waals surface area (Å²) in [6.45, 7) is -0.352. The van der Waals surface area contributed by atoms with Crippen molar-refractivity contribution >= 4 is 11.9 Å². The fourth-order valence-corrected chi connectivity index (χ4v) is 4.51. The van der Waals surface area contributed by atoms with Crippen LogP contribution in [0.5, 0.6) is 0 Å². The van der Waals surface area contributed by atoms with Crippen molar-refractivity contribution in [1.29, 1.82) is 0 Å². The molecule has 4 bridgehead atoms. The van der Waals surface area contributed by atoms with E-state index in [1.54, 1.807) is 0 Å². The molecule has 4 aliphatic carbocycles. The first-order valence-electron chi connectivity index (χ1n) is 7.13. The number of carbonyl (C=O) groups excluding carboxylic acids is 1. The second-order valence-electron chi connectivity index (χ2n) is 6.30. The standard InChI is InChI=1S/C15H19NO3/c17-14(16-8-15(18)19)2-1-13-11-4-9-3-10(6-11)7-12(13)5-9/h9-13H,3-8H2,(H,16,17)(H,18,19). The minimum Gasteiger partial charge on any atom is -0.480 e. The lowest BCUT2D eigenvalue weighted by atomic mass is 9.52. The second kappa shape index (κ2) is 4.88. The van der Waals surface area contributed by atoms with Crippen molar-refractivity contribution in [3.63, 3.8) is 0 Å². The lowest BCUT2D eigenvalue weighted by Crippen LogP contribution is -2.44. The molecule has 4 saturated carbocycles. The average Bonchev–Trinajstić information content (AvgIpc) is 2.34. The molecule has 4 nitrogen and oxygen atoms in total. The Balaban J connectivity index is 1.61. The highest BCUT2D eigenvalue weighted by Crippen LogP contribution is 2.56. The number of carboxylic acid groups (broad SMARTS) is 1. The van der Waals surface area contributed by atoms with E-state index >= 15 is 0 Å². The van der Waals surface area contributed by atoms with E-state index < -0.39 is 11.9 Å². The zero-order valence-corrected chi connectivity index (χ0v) is 10.9. The van der Waals surface area contributed by atoms with Gasteiger partial charge in [-0.1, -0.05) is 5.92 Å². The van der Waals surface area contributed by atoms with Crippen LogP contribution in [-0.2, 0) is 9.59 Å². The maximum absolute atomic E-state index is 11.4. The van der Waals surface area contributed by atoms with Gasteiger partial charge >= 0.3 is 5.97 Å². The van der Waals surface area contributed by atoms with Crippen LogP contribution in [0.2, 0.25) is 0 Å². The summed E-state index contributed by atoms with van der Waals surface area (Å²) in [5, 5.41) is 10.8. The van der Waals surface area contributed by atoms with Gasteiger partial charge < -0.3 is 10.4 Å². The Bertz CT molecular complexity index is 432. The largest absolute Gasteiger partial charge is 0.480 e. The van der Waals surface area contributed by atoms with Gasteiger partial charge in [0.2, 0.25) is 0 Å². The molecule has 0 atom stereocenters. The molecule has 0 saturated heterocycles. The van der Waals surface area contributed by atoms with Crippen LogP contribution >= 0.6 is 0 Å². The summed E-state index contributed by atoms with van der Waals surface area (Å²) in [6.07, 6.45) is 6.53. The fraction of sp³-hybridized carbons (Fsp3) is 0.733. The summed E-state index contributed by atoms with van der Waals surface area (Å²) in [4.78, 5) is 21.8. The van der Waals surface area contributed by atoms with Crippen molar-refractivity contribution in [3.05, 3.63) is 0 Å². The van der Waals surface area contributed by atoms with E-state index in [0.717, 1.165) is 11.8 Å². The topological polar surface area (TPSA) is 66.4 Å². The molecule has 102 valence electrons. The van der Waals surface area contributed by atoms with Crippen LogP contribution in [0.3, 0.4) is 0 Å². The molecule has 19 heavy (non-hydrogen) atoms. The number of amides is 1. The summed E-state index contributed by atoms with van der Waals surface area (Å²) >= 11 is 0. The van der Waals surface area contributed by atoms with Gasteiger partial charge in [0.05, 0.1) is 0 Å². The summed E-state index contributed by atoms with van der Waals surface area (Å²) in [5.41, 5.74) is 0. The number of aliphatic carboxylic acids is 1. The number of nitrogens with one attached hydrogen (secondary N) is 1. The molecule has 4 fully saturated rings. The molecule has 4 aliphatic rings. The molecule has 0 spiro atoms. The van der Waals surface area contributed by atoms with Crippen LogP contribution in [-0.4, -0.2) is 23.5 Å². The van der Waals surface area contributed by atoms with Crippen LogP contribution < -0.4 is 5.32 Å². The zero-order chi connectivity index (χ0) is 13.4. The van der Waals surface area contributed by atoms with Crippen molar-refractivity contribution in [1.82, 2.24) is 5.32 Å². The van der Waals surface area contributed by atoms with E-state index in [0.29, 0.717) is 17.8 Å². The molecule has 0 aromatic heterocycles. The van der Waals surface area contributed by atoms with E-state index in [1.807, 2.05) is 0 Å². The maximum atomic E-state index is 11.4. The van der Waals surface area contributed by atoms with Crippen molar-refractivity contribution in [3.8, 4) is 11.8 Å². The van der Waals surface area contributed by atoms with Crippen LogP contribution in [0, 0.1) is 41.4 Å². The van der Waals surface area contributed by atoms with E-state index in [9.17, 15) is 9.59 Å². The molecular weight excluding hydrogens is 242 g/mol. The first-order valence-corrected chi connectivity index (χ1v) is 7.13. The minimum absolute atomic E-state index is 0.352. The predicted molar refractivity (Wildman–Crippen MR) is 69.0 cm³/mol. The zero-order valence-electron chi connectivity index (χ0n) is 10.9. The number of hydrogen-bond acceptors (Lipinski definition) is 2. The third-order valence-electron chi connectivity index (χ3n) is 4.98. The highest BCUT2D eigenvalue weighted by molar-refractivity contribution is 5.95. The van der Waals surface area contributed by atoms with Gasteiger partial charge in [-0.15, -0.1) is 0 Å². The maximum Gasteiger partial charge on any atom is 0.323 e. The smallest absolute Gasteiger partial charge is 0.323 e. The van der Waals surface area contributed by atoms with Gasteiger partial charge in [0, 0.05) is 5.92 Å². The van der Waals surface area contributed by atoms with E-state index in [1.165, 1.54) is 32.1 Å². The summed E-state index contributed by atoms with van der Waals surface area (Å²) in [6, 6.07) is 0. The van der Waals surface area contributed by atoms with E-state index in [4.69, 9.17) is 5.11 Å². The van der Waals surface area contributed by atoms with Gasteiger partial charge in [-0.05, 0) is 61.7 Å². The highest BCUT2D eigenvalue weighted by Gasteiger charge is 2.47. The normalized spacial score (nSPS) is 38.4. The Labute approximate surface area is 112 Å². The molecular formula is C15H19NO3. The molecule has 2 N–H and O–H groups in total. The quantitative estimate of drug-likeness (QED) is 0.735. The van der Waals surface area contributed by atoms with Crippen LogP contribution in [0.15, 0.2) is 0 Å². The Morgan fingerprint density at radius 1 is 1.05 bits per heavy atom. The van der Waals surface area contributed by atoms with Gasteiger partial charge in [-0.2, -0.15) is 0 Å². The summed E-state index contributed by atoms with van der Waals surface area (Å²) < 4.78 is 0. The lowest BCUT2D eigenvalue weighted by molar-refractivity contribution is -0.137. The first-order chi connectivity index (χ1) is 9.11. The van der Waals surface area contributed by atoms with Crippen molar-refractivity contribution in [2.24, 2.45) is 29.6 Å². The Morgan fingerprint density at radius 2 is 1.63 bits per heavy atom. The number of carbonyl (C=O) groups is 2. The first kappa shape index (κ1) is 12.5. The number of carboxylic acids is 1. The highest BCUT2D eigenvalue weighted by atomic mass is 16.4. The average molecular weight is 261 g/mol. The molecule has 1 amide bonds. The lowest BCUT2D eigenvalue weighted by Gasteiger charge is -2.52. The summed E-state index contributed by atoms with van der Waals surface area (Å²) in [7, 11) is 0. The molecule has 4 heteroatoms. The van der Waals surface area contributed by atoms with Crippen LogP contribution in [0.1, 0.15) is 32.1 Å². The molecule has 0 radical (unpaired) electrons. The van der Waals surface area contributed by atoms with Gasteiger partial charge in [-0.25, -0.2) is 0 Å². The molecule has 0 heterocycles. The van der Waals surface area contributed by atoms with Gasteiger partial charge in [0.1, 0.15) is 6.54 Å². The molecule has 4 rings (SSSR count). The molecule has 0 unspecified atom stereocenters. The van der Waals surface area contributed by atoms with Crippen molar-refractivity contribution in [2.75, 3.05) is 6.54 Å². The Kier molecular flexibility index (Phi) is 3.22. The minimum atomic E-state index is -1.04. The third-order valence-corrected chi connectivity index (χ3v) is 4.98. The van der Waals surface area contributed by atoms with E-state index in [-0.39, 0.29) is 6.54 Å². The fourth-order valence-electron chi connectivity index (χ4n) is 4.51. The SMILES string of the molecule is O=C(O)CNC(=O)C#CC1C2CC3CC(C2)CC1C3. The predicted octanol–water partition coefficient (Wildman–Crippen LogP) is 1.26. The number of rotatable bonds is 2. The molecule has 0 aromatic rings. The monoisotopic (exact) mass is 261 g/mol. The van der Waals surface area contributed by atoms with Crippen molar-refractivity contribution < 1.29 is 14.7 Å². The second-order valence-corrected chi connectivity index (χ2v) is 6.30. The van der Waals surface area contributed by atoms with Crippen molar-refractivity contribution in [2.45, 2.75) is 32.1 Å². The van der Waals surface area contributed by atoms with Crippen LogP contribution in [0.4, 0.5) is 0 Å². The molecule has 0 aromatic carbocycles. The molecule has 0 aliphatic heterocycles. The van der Waals surface area contributed by atoms with Gasteiger partial charge in [0.15, 0.2) is 0 Å². The summed E-state index contributed by atoms with van der Waals surface area (Å²) in [5.74, 6) is 7.76. The van der Waals surface area contributed by atoms with Gasteiger partial charge in [-0.3, -0.25) is 9.59 Å². The third kappa shape index (κ3) is 2.60.